The van der Waals surface area contributed by atoms with E-state index < -0.39 is 10.0 Å². The van der Waals surface area contributed by atoms with Crippen LogP contribution >= 0.6 is 0 Å². The van der Waals surface area contributed by atoms with Gasteiger partial charge in [0.1, 0.15) is 0 Å². The predicted octanol–water partition coefficient (Wildman–Crippen LogP) is 0.967. The summed E-state index contributed by atoms with van der Waals surface area (Å²) in [7, 11) is -0.0785. The lowest BCUT2D eigenvalue weighted by Crippen LogP contribution is -2.31. The van der Waals surface area contributed by atoms with E-state index >= 15 is 0 Å². The molecule has 1 aromatic carbocycles. The molecule has 0 aliphatic heterocycles. The molecule has 0 fully saturated rings. The molecule has 0 spiro atoms. The fourth-order valence-corrected chi connectivity index (χ4v) is 3.18. The van der Waals surface area contributed by atoms with Crippen LogP contribution in [-0.4, -0.2) is 35.7 Å². The maximum absolute atomic E-state index is 12.3. The van der Waals surface area contributed by atoms with Crippen molar-refractivity contribution in [1.82, 2.24) is 10.0 Å². The topological polar surface area (TPSA) is 67.4 Å². The van der Waals surface area contributed by atoms with Crippen LogP contribution in [0.2, 0.25) is 0 Å². The SMILES string of the molecule is CNCc1ccccc1S(=O)(=O)NCC(C)COC. The summed E-state index contributed by atoms with van der Waals surface area (Å²) in [6, 6.07) is 6.99. The number of methoxy groups -OCH3 is 1. The third-order valence-corrected chi connectivity index (χ3v) is 4.23. The van der Waals surface area contributed by atoms with Gasteiger partial charge in [0, 0.05) is 26.8 Å². The highest BCUT2D eigenvalue weighted by molar-refractivity contribution is 7.89. The Hall–Kier alpha value is -0.950. The second-order valence-electron chi connectivity index (χ2n) is 4.55. The molecule has 0 saturated carbocycles. The second-order valence-corrected chi connectivity index (χ2v) is 6.29. The summed E-state index contributed by atoms with van der Waals surface area (Å²) in [5, 5.41) is 2.97. The van der Waals surface area contributed by atoms with Gasteiger partial charge in [-0.05, 0) is 24.6 Å². The van der Waals surface area contributed by atoms with Gasteiger partial charge < -0.3 is 10.1 Å². The fraction of sp³-hybridized carbons (Fsp3) is 0.538. The Balaban J connectivity index is 2.82. The van der Waals surface area contributed by atoms with Gasteiger partial charge in [-0.2, -0.15) is 0 Å². The quantitative estimate of drug-likeness (QED) is 0.747. The van der Waals surface area contributed by atoms with Crippen molar-refractivity contribution in [3.8, 4) is 0 Å². The Kier molecular flexibility index (Phi) is 6.44. The molecular weight excluding hydrogens is 264 g/mol. The van der Waals surface area contributed by atoms with Crippen molar-refractivity contribution in [2.75, 3.05) is 27.3 Å². The molecule has 0 amide bonds. The zero-order valence-corrected chi connectivity index (χ0v) is 12.5. The third kappa shape index (κ3) is 4.91. The van der Waals surface area contributed by atoms with E-state index in [1.165, 1.54) is 0 Å². The summed E-state index contributed by atoms with van der Waals surface area (Å²) in [5.41, 5.74) is 0.761. The molecule has 0 aromatic heterocycles. The van der Waals surface area contributed by atoms with Crippen molar-refractivity contribution in [2.24, 2.45) is 5.92 Å². The highest BCUT2D eigenvalue weighted by Crippen LogP contribution is 2.15. The molecule has 5 nitrogen and oxygen atoms in total. The molecule has 1 unspecified atom stereocenters. The lowest BCUT2D eigenvalue weighted by atomic mass is 10.2. The van der Waals surface area contributed by atoms with Crippen molar-refractivity contribution in [2.45, 2.75) is 18.4 Å². The molecule has 0 saturated heterocycles. The van der Waals surface area contributed by atoms with Gasteiger partial charge in [-0.15, -0.1) is 0 Å². The van der Waals surface area contributed by atoms with E-state index in [2.05, 4.69) is 10.0 Å². The average molecular weight is 286 g/mol. The minimum Gasteiger partial charge on any atom is -0.384 e. The van der Waals surface area contributed by atoms with Gasteiger partial charge in [-0.3, -0.25) is 0 Å². The van der Waals surface area contributed by atoms with E-state index in [-0.39, 0.29) is 5.92 Å². The monoisotopic (exact) mass is 286 g/mol. The van der Waals surface area contributed by atoms with Crippen LogP contribution < -0.4 is 10.0 Å². The summed E-state index contributed by atoms with van der Waals surface area (Å²) in [4.78, 5) is 0.328. The first kappa shape index (κ1) is 16.1. The van der Waals surface area contributed by atoms with Crippen LogP contribution in [0.5, 0.6) is 0 Å². The van der Waals surface area contributed by atoms with Crippen LogP contribution in [0.15, 0.2) is 29.2 Å². The van der Waals surface area contributed by atoms with Gasteiger partial charge in [0.25, 0.3) is 0 Å². The normalized spacial score (nSPS) is 13.4. The average Bonchev–Trinajstić information content (AvgIpc) is 2.38. The number of nitrogens with one attached hydrogen (secondary N) is 2. The molecule has 108 valence electrons. The van der Waals surface area contributed by atoms with Gasteiger partial charge in [-0.1, -0.05) is 25.1 Å². The Morgan fingerprint density at radius 3 is 2.63 bits per heavy atom. The molecule has 1 aromatic rings. The van der Waals surface area contributed by atoms with Crippen molar-refractivity contribution < 1.29 is 13.2 Å². The van der Waals surface area contributed by atoms with Crippen LogP contribution in [0.3, 0.4) is 0 Å². The fourth-order valence-electron chi connectivity index (χ4n) is 1.78. The van der Waals surface area contributed by atoms with Crippen LogP contribution in [0.1, 0.15) is 12.5 Å². The highest BCUT2D eigenvalue weighted by atomic mass is 32.2. The Bertz CT molecular complexity index is 488. The van der Waals surface area contributed by atoms with Gasteiger partial charge in [0.05, 0.1) is 4.90 Å². The van der Waals surface area contributed by atoms with E-state index in [1.807, 2.05) is 19.1 Å². The van der Waals surface area contributed by atoms with Crippen LogP contribution in [0, 0.1) is 5.92 Å². The largest absolute Gasteiger partial charge is 0.384 e. The minimum atomic E-state index is -3.47. The zero-order valence-electron chi connectivity index (χ0n) is 11.6. The Labute approximate surface area is 115 Å². The van der Waals surface area contributed by atoms with Crippen LogP contribution in [-0.2, 0) is 21.3 Å². The molecule has 1 rings (SSSR count). The smallest absolute Gasteiger partial charge is 0.240 e. The highest BCUT2D eigenvalue weighted by Gasteiger charge is 2.18. The number of hydrogen-bond acceptors (Lipinski definition) is 4. The number of sulfonamides is 1. The number of benzene rings is 1. The van der Waals surface area contributed by atoms with Gasteiger partial charge in [0.15, 0.2) is 0 Å². The summed E-state index contributed by atoms with van der Waals surface area (Å²) < 4.78 is 32.1. The molecule has 0 aliphatic carbocycles. The second kappa shape index (κ2) is 7.59. The van der Waals surface area contributed by atoms with E-state index in [0.29, 0.717) is 24.6 Å². The molecule has 0 heterocycles. The molecule has 0 radical (unpaired) electrons. The van der Waals surface area contributed by atoms with Crippen LogP contribution in [0.25, 0.3) is 0 Å². The molecule has 1 atom stereocenters. The van der Waals surface area contributed by atoms with E-state index in [1.54, 1.807) is 26.3 Å². The molecule has 0 bridgehead atoms. The first-order chi connectivity index (χ1) is 9.01. The number of hydrogen-bond donors (Lipinski definition) is 2. The predicted molar refractivity (Wildman–Crippen MR) is 75.4 cm³/mol. The summed E-state index contributed by atoms with van der Waals surface area (Å²) >= 11 is 0. The van der Waals surface area contributed by atoms with Crippen molar-refractivity contribution >= 4 is 10.0 Å². The van der Waals surface area contributed by atoms with E-state index in [0.717, 1.165) is 5.56 Å². The lowest BCUT2D eigenvalue weighted by molar-refractivity contribution is 0.161. The molecule has 6 heteroatoms. The van der Waals surface area contributed by atoms with E-state index in [9.17, 15) is 8.42 Å². The van der Waals surface area contributed by atoms with E-state index in [4.69, 9.17) is 4.74 Å². The zero-order chi connectivity index (χ0) is 14.3. The van der Waals surface area contributed by atoms with Crippen molar-refractivity contribution in [1.29, 1.82) is 0 Å². The van der Waals surface area contributed by atoms with Crippen LogP contribution in [0.4, 0.5) is 0 Å². The Morgan fingerprint density at radius 2 is 2.00 bits per heavy atom. The number of ether oxygens (including phenoxy) is 1. The third-order valence-electron chi connectivity index (χ3n) is 2.70. The first-order valence-electron chi connectivity index (χ1n) is 6.22. The summed E-state index contributed by atoms with van der Waals surface area (Å²) in [6.45, 7) is 3.35. The van der Waals surface area contributed by atoms with Crippen molar-refractivity contribution in [3.05, 3.63) is 29.8 Å². The lowest BCUT2D eigenvalue weighted by Gasteiger charge is -2.14. The molecule has 19 heavy (non-hydrogen) atoms. The Morgan fingerprint density at radius 1 is 1.32 bits per heavy atom. The number of rotatable bonds is 8. The minimum absolute atomic E-state index is 0.135. The first-order valence-corrected chi connectivity index (χ1v) is 7.70. The van der Waals surface area contributed by atoms with Gasteiger partial charge in [0.2, 0.25) is 10.0 Å². The standard InChI is InChI=1S/C13H22N2O3S/c1-11(10-18-3)8-15-19(16,17)13-7-5-4-6-12(13)9-14-2/h4-7,11,14-15H,8-10H2,1-3H3. The molecule has 2 N–H and O–H groups in total. The summed E-state index contributed by atoms with van der Waals surface area (Å²) in [6.07, 6.45) is 0. The van der Waals surface area contributed by atoms with Crippen molar-refractivity contribution in [3.63, 3.8) is 0 Å². The van der Waals surface area contributed by atoms with Gasteiger partial charge in [-0.25, -0.2) is 13.1 Å². The molecular formula is C13H22N2O3S. The molecule has 0 aliphatic rings. The van der Waals surface area contributed by atoms with Gasteiger partial charge >= 0.3 is 0 Å². The summed E-state index contributed by atoms with van der Waals surface area (Å²) in [5.74, 6) is 0.135. The maximum Gasteiger partial charge on any atom is 0.240 e. The maximum atomic E-state index is 12.3.